The van der Waals surface area contributed by atoms with Crippen LogP contribution in [0.15, 0.2) is 30.3 Å². The highest BCUT2D eigenvalue weighted by Crippen LogP contribution is 2.27. The Morgan fingerprint density at radius 3 is 2.18 bits per heavy atom. The molecule has 0 spiro atoms. The van der Waals surface area contributed by atoms with Crippen LogP contribution < -0.4 is 0 Å². The Labute approximate surface area is 101 Å². The Morgan fingerprint density at radius 1 is 1.18 bits per heavy atom. The van der Waals surface area contributed by atoms with Crippen LogP contribution in [-0.4, -0.2) is 22.2 Å². The van der Waals surface area contributed by atoms with Gasteiger partial charge in [0.1, 0.15) is 0 Å². The van der Waals surface area contributed by atoms with E-state index in [0.29, 0.717) is 0 Å². The molecular formula is C13H18O4. The number of rotatable bonds is 3. The van der Waals surface area contributed by atoms with Crippen LogP contribution in [0.1, 0.15) is 37.6 Å². The molecule has 4 heteroatoms. The van der Waals surface area contributed by atoms with Crippen molar-refractivity contribution in [2.75, 3.05) is 0 Å². The fourth-order valence-corrected chi connectivity index (χ4v) is 1.51. The van der Waals surface area contributed by atoms with Crippen molar-refractivity contribution in [3.63, 3.8) is 0 Å². The van der Waals surface area contributed by atoms with Gasteiger partial charge in [0.05, 0.1) is 5.56 Å². The molecule has 1 aromatic rings. The number of ether oxygens (including phenoxy) is 1. The van der Waals surface area contributed by atoms with Crippen LogP contribution in [0.25, 0.3) is 0 Å². The van der Waals surface area contributed by atoms with Gasteiger partial charge in [0.25, 0.3) is 0 Å². The van der Waals surface area contributed by atoms with Gasteiger partial charge in [-0.2, -0.15) is 0 Å². The summed E-state index contributed by atoms with van der Waals surface area (Å²) < 4.78 is 4.67. The zero-order chi connectivity index (χ0) is 13.1. The van der Waals surface area contributed by atoms with Crippen LogP contribution in [0.4, 0.5) is 0 Å². The van der Waals surface area contributed by atoms with Crippen molar-refractivity contribution in [3.8, 4) is 0 Å². The van der Waals surface area contributed by atoms with E-state index in [0.717, 1.165) is 0 Å². The second-order valence-corrected chi connectivity index (χ2v) is 5.24. The van der Waals surface area contributed by atoms with Crippen LogP contribution in [0.2, 0.25) is 0 Å². The molecule has 1 rings (SSSR count). The number of benzene rings is 1. The highest BCUT2D eigenvalue weighted by molar-refractivity contribution is 5.89. The zero-order valence-corrected chi connectivity index (χ0v) is 10.3. The summed E-state index contributed by atoms with van der Waals surface area (Å²) >= 11 is 0. The minimum Gasteiger partial charge on any atom is -0.404 e. The number of hydrogen-bond donors (Lipinski definition) is 2. The van der Waals surface area contributed by atoms with E-state index in [1.807, 2.05) is 20.8 Å². The quantitative estimate of drug-likeness (QED) is 0.623. The maximum Gasteiger partial charge on any atom is 0.342 e. The number of esters is 1. The summed E-state index contributed by atoms with van der Waals surface area (Å²) in [6.07, 6.45) is -0.0570. The number of carbonyl (C=O) groups is 1. The maximum absolute atomic E-state index is 11.6. The highest BCUT2D eigenvalue weighted by Gasteiger charge is 2.34. The van der Waals surface area contributed by atoms with Crippen molar-refractivity contribution in [1.29, 1.82) is 0 Å². The van der Waals surface area contributed by atoms with Gasteiger partial charge in [-0.05, 0) is 17.5 Å². The molecule has 0 fully saturated rings. The van der Waals surface area contributed by atoms with E-state index in [2.05, 4.69) is 4.74 Å². The van der Waals surface area contributed by atoms with E-state index in [-0.39, 0.29) is 17.4 Å². The molecular weight excluding hydrogens is 220 g/mol. The van der Waals surface area contributed by atoms with E-state index < -0.39 is 11.9 Å². The van der Waals surface area contributed by atoms with Crippen LogP contribution >= 0.6 is 0 Å². The molecule has 0 aliphatic heterocycles. The van der Waals surface area contributed by atoms with Crippen molar-refractivity contribution in [2.24, 2.45) is 5.41 Å². The molecule has 0 aromatic heterocycles. The van der Waals surface area contributed by atoms with Gasteiger partial charge in [-0.1, -0.05) is 39.0 Å². The van der Waals surface area contributed by atoms with Crippen LogP contribution in [-0.2, 0) is 4.74 Å². The number of aliphatic hydroxyl groups is 2. The topological polar surface area (TPSA) is 66.8 Å². The van der Waals surface area contributed by atoms with Crippen molar-refractivity contribution in [3.05, 3.63) is 35.9 Å². The molecule has 94 valence electrons. The molecule has 4 nitrogen and oxygen atoms in total. The monoisotopic (exact) mass is 238 g/mol. The Bertz CT molecular complexity index is 376. The smallest absolute Gasteiger partial charge is 0.342 e. The van der Waals surface area contributed by atoms with E-state index >= 15 is 0 Å². The Kier molecular flexibility index (Phi) is 3.91. The van der Waals surface area contributed by atoms with E-state index in [4.69, 9.17) is 0 Å². The van der Waals surface area contributed by atoms with Crippen LogP contribution in [0, 0.1) is 5.41 Å². The lowest BCUT2D eigenvalue weighted by Gasteiger charge is -2.28. The first-order chi connectivity index (χ1) is 7.70. The zero-order valence-electron chi connectivity index (χ0n) is 10.3. The Hall–Kier alpha value is -1.39. The lowest BCUT2D eigenvalue weighted by Crippen LogP contribution is -2.38. The molecule has 2 N–H and O–H groups in total. The molecule has 0 amide bonds. The fourth-order valence-electron chi connectivity index (χ4n) is 1.51. The normalized spacial score (nSPS) is 12.3. The molecule has 0 bridgehead atoms. The first-order valence-corrected chi connectivity index (χ1v) is 5.43. The molecule has 0 saturated carbocycles. The molecule has 1 aromatic carbocycles. The first-order valence-electron chi connectivity index (χ1n) is 5.43. The van der Waals surface area contributed by atoms with Crippen LogP contribution in [0.5, 0.6) is 0 Å². The van der Waals surface area contributed by atoms with E-state index in [1.165, 1.54) is 0 Å². The molecule has 0 unspecified atom stereocenters. The third-order valence-electron chi connectivity index (χ3n) is 2.03. The van der Waals surface area contributed by atoms with Gasteiger partial charge < -0.3 is 14.9 Å². The second-order valence-electron chi connectivity index (χ2n) is 5.24. The Morgan fingerprint density at radius 2 is 1.71 bits per heavy atom. The summed E-state index contributed by atoms with van der Waals surface area (Å²) in [6.45, 7) is 5.47. The molecule has 17 heavy (non-hydrogen) atoms. The van der Waals surface area contributed by atoms with Crippen molar-refractivity contribution in [1.82, 2.24) is 0 Å². The predicted octanol–water partition coefficient (Wildman–Crippen LogP) is 1.92. The SMILES string of the molecule is CC(C)(C)CC(O)(O)OC(=O)c1ccccc1. The summed E-state index contributed by atoms with van der Waals surface area (Å²) in [4.78, 5) is 11.6. The summed E-state index contributed by atoms with van der Waals surface area (Å²) in [5.41, 5.74) is -0.0746. The third kappa shape index (κ3) is 4.97. The minimum absolute atomic E-state index is 0.0570. The predicted molar refractivity (Wildman–Crippen MR) is 63.1 cm³/mol. The molecule has 0 radical (unpaired) electrons. The molecule has 0 saturated heterocycles. The van der Waals surface area contributed by atoms with Crippen molar-refractivity contribution in [2.45, 2.75) is 33.2 Å². The van der Waals surface area contributed by atoms with E-state index in [9.17, 15) is 15.0 Å². The highest BCUT2D eigenvalue weighted by atomic mass is 16.8. The summed E-state index contributed by atoms with van der Waals surface area (Å²) in [5, 5.41) is 19.2. The first kappa shape index (κ1) is 13.7. The van der Waals surface area contributed by atoms with Gasteiger partial charge in [0.15, 0.2) is 0 Å². The molecule has 0 atom stereocenters. The van der Waals surface area contributed by atoms with Gasteiger partial charge in [0.2, 0.25) is 0 Å². The summed E-state index contributed by atoms with van der Waals surface area (Å²) in [5.74, 6) is -3.19. The largest absolute Gasteiger partial charge is 0.404 e. The second kappa shape index (κ2) is 4.85. The van der Waals surface area contributed by atoms with Crippen molar-refractivity contribution >= 4 is 5.97 Å². The average Bonchev–Trinajstić information content (AvgIpc) is 2.14. The van der Waals surface area contributed by atoms with Gasteiger partial charge in [-0.15, -0.1) is 0 Å². The van der Waals surface area contributed by atoms with Gasteiger partial charge in [-0.25, -0.2) is 4.79 Å². The summed E-state index contributed by atoms with van der Waals surface area (Å²) in [6, 6.07) is 8.22. The molecule has 0 aliphatic carbocycles. The molecule has 0 aliphatic rings. The van der Waals surface area contributed by atoms with Gasteiger partial charge in [-0.3, -0.25) is 0 Å². The lowest BCUT2D eigenvalue weighted by molar-refractivity contribution is -0.320. The standard InChI is InChI=1S/C13H18O4/c1-12(2,3)9-13(15,16)17-11(14)10-7-5-4-6-8-10/h4-8,15-16H,9H2,1-3H3. The average molecular weight is 238 g/mol. The Balaban J connectivity index is 2.69. The number of hydrogen-bond acceptors (Lipinski definition) is 4. The van der Waals surface area contributed by atoms with Crippen LogP contribution in [0.3, 0.4) is 0 Å². The third-order valence-corrected chi connectivity index (χ3v) is 2.03. The van der Waals surface area contributed by atoms with Gasteiger partial charge in [0, 0.05) is 6.42 Å². The van der Waals surface area contributed by atoms with Gasteiger partial charge >= 0.3 is 11.9 Å². The summed E-state index contributed by atoms with van der Waals surface area (Å²) in [7, 11) is 0. The van der Waals surface area contributed by atoms with E-state index in [1.54, 1.807) is 30.3 Å². The number of carbonyl (C=O) groups excluding carboxylic acids is 1. The lowest BCUT2D eigenvalue weighted by atomic mass is 9.91. The molecule has 0 heterocycles. The fraction of sp³-hybridized carbons (Fsp3) is 0.462. The minimum atomic E-state index is -2.44. The maximum atomic E-state index is 11.6. The van der Waals surface area contributed by atoms with Crippen molar-refractivity contribution < 1.29 is 19.7 Å².